The summed E-state index contributed by atoms with van der Waals surface area (Å²) in [5.41, 5.74) is 12.2. The van der Waals surface area contributed by atoms with E-state index in [0.29, 0.717) is 74.2 Å². The van der Waals surface area contributed by atoms with Gasteiger partial charge in [-0.05, 0) is 111 Å². The maximum atomic E-state index is 16.1. The fourth-order valence-corrected chi connectivity index (χ4v) is 10.6. The lowest BCUT2D eigenvalue weighted by Gasteiger charge is -2.51. The third kappa shape index (κ3) is 8.78. The van der Waals surface area contributed by atoms with Crippen molar-refractivity contribution in [1.82, 2.24) is 34.6 Å². The molecule has 5 fully saturated rings. The molecule has 10 rings (SSSR count). The minimum atomic E-state index is -2.83. The van der Waals surface area contributed by atoms with Gasteiger partial charge < -0.3 is 16.0 Å². The van der Waals surface area contributed by atoms with Crippen molar-refractivity contribution < 1.29 is 23.2 Å². The van der Waals surface area contributed by atoms with Crippen LogP contribution in [0.15, 0.2) is 48.7 Å². The van der Waals surface area contributed by atoms with Crippen molar-refractivity contribution in [3.8, 4) is 0 Å². The van der Waals surface area contributed by atoms with E-state index in [9.17, 15) is 14.4 Å². The second-order valence-electron chi connectivity index (χ2n) is 18.2. The number of nitrogens with two attached hydrogens (primary N) is 1. The summed E-state index contributed by atoms with van der Waals surface area (Å²) in [6.45, 7) is 5.49. The van der Waals surface area contributed by atoms with Gasteiger partial charge in [-0.3, -0.25) is 34.4 Å². The third-order valence-corrected chi connectivity index (χ3v) is 14.4. The van der Waals surface area contributed by atoms with Crippen LogP contribution < -0.4 is 21.3 Å². The number of carbonyl (C=O) groups is 3. The number of hydrogen-bond donors (Lipinski definition) is 3. The van der Waals surface area contributed by atoms with Gasteiger partial charge in [-0.15, -0.1) is 5.10 Å². The number of hydrogen-bond acceptors (Lipinski definition) is 10. The maximum absolute atomic E-state index is 16.1. The number of fused-ring (bicyclic) bond motifs is 2. The molecule has 330 valence electrons. The van der Waals surface area contributed by atoms with E-state index in [0.717, 1.165) is 79.7 Å². The van der Waals surface area contributed by atoms with Crippen molar-refractivity contribution >= 4 is 52.2 Å². The van der Waals surface area contributed by atoms with Crippen LogP contribution in [0.4, 0.5) is 26.0 Å². The number of anilines is 3. The zero-order chi connectivity index (χ0) is 43.2. The highest BCUT2D eigenvalue weighted by atomic mass is 35.5. The van der Waals surface area contributed by atoms with Gasteiger partial charge in [0.2, 0.25) is 11.8 Å². The summed E-state index contributed by atoms with van der Waals surface area (Å²) in [6, 6.07) is 13.1. The third-order valence-electron chi connectivity index (χ3n) is 14.1. The van der Waals surface area contributed by atoms with Gasteiger partial charge in [0.05, 0.1) is 30.4 Å². The predicted octanol–water partition coefficient (Wildman–Crippen LogP) is 6.50. The Morgan fingerprint density at radius 2 is 1.69 bits per heavy atom. The Labute approximate surface area is 366 Å². The molecule has 3 amide bonds. The smallest absolute Gasteiger partial charge is 0.275 e. The molecule has 6 aliphatic rings. The highest BCUT2D eigenvalue weighted by Crippen LogP contribution is 2.45. The van der Waals surface area contributed by atoms with E-state index in [-0.39, 0.29) is 29.5 Å². The van der Waals surface area contributed by atoms with Gasteiger partial charge in [0.25, 0.3) is 11.8 Å². The van der Waals surface area contributed by atoms with E-state index in [1.807, 2.05) is 47.4 Å². The van der Waals surface area contributed by atoms with Crippen LogP contribution in [0.2, 0.25) is 5.02 Å². The number of nitrogens with zero attached hydrogens (tertiary/aromatic N) is 7. The molecule has 0 bridgehead atoms. The van der Waals surface area contributed by atoms with Crippen molar-refractivity contribution in [2.45, 2.75) is 102 Å². The van der Waals surface area contributed by atoms with E-state index in [4.69, 9.17) is 22.4 Å². The average Bonchev–Trinajstić information content (AvgIpc) is 3.97. The maximum Gasteiger partial charge on any atom is 0.275 e. The largest absolute Gasteiger partial charge is 0.385 e. The van der Waals surface area contributed by atoms with Crippen molar-refractivity contribution in [3.05, 3.63) is 81.6 Å². The first-order valence-corrected chi connectivity index (χ1v) is 22.7. The lowest BCUT2D eigenvalue weighted by atomic mass is 9.70. The number of likely N-dealkylation sites (tertiary alicyclic amines) is 3. The molecule has 1 spiro atoms. The van der Waals surface area contributed by atoms with Gasteiger partial charge in [0, 0.05) is 56.4 Å². The van der Waals surface area contributed by atoms with E-state index < -0.39 is 23.8 Å². The van der Waals surface area contributed by atoms with Gasteiger partial charge in [0.15, 0.2) is 11.5 Å². The molecular formula is C46H57ClF2N10O3. The first kappa shape index (κ1) is 42.6. The Balaban J connectivity index is 0.00000157. The molecule has 4 aromatic rings. The molecule has 1 aliphatic carbocycles. The average molecular weight is 871 g/mol. The van der Waals surface area contributed by atoms with Crippen LogP contribution in [-0.2, 0) is 29.1 Å². The van der Waals surface area contributed by atoms with Crippen LogP contribution in [0.1, 0.15) is 103 Å². The Morgan fingerprint density at radius 1 is 0.935 bits per heavy atom. The summed E-state index contributed by atoms with van der Waals surface area (Å²) in [5.74, 6) is -3.76. The van der Waals surface area contributed by atoms with E-state index in [2.05, 4.69) is 30.3 Å². The lowest BCUT2D eigenvalue weighted by molar-refractivity contribution is -0.139. The van der Waals surface area contributed by atoms with E-state index >= 15 is 8.78 Å². The van der Waals surface area contributed by atoms with Gasteiger partial charge in [-0.1, -0.05) is 55.1 Å². The Hall–Kier alpha value is -4.70. The quantitative estimate of drug-likeness (QED) is 0.160. The van der Waals surface area contributed by atoms with E-state index in [1.165, 1.54) is 30.0 Å². The SMILES string of the molecule is C1CC1.CNc1cc(N2CCc3c(CN4CCC(N5CCC6(CCN(Cc7ccc(Cl)c(C8CCC(=O)NC8=O)c7)CC6)CC5)C(F)(F)C4)cccc32)nn2c(C(N)=O)cnc12. The molecule has 62 heavy (non-hydrogen) atoms. The standard InChI is InChI=1S/C43H51ClF2N10O3.C3H6/c1-48-33-22-37(51-56-35(39(47)58)23-49-40(33)56)55-16-9-29-28(3-2-4-34(29)55)25-53-15-10-36(43(45,46)26-53)54-19-13-42(14-20-54)11-17-52(18-12-42)24-27-5-7-32(44)31(21-27)30-6-8-38(57)50-41(30)59;1-2-3-1/h2-5,7,21-23,30,36,48H,6,8-20,24-26H2,1H3,(H2,47,58)(H,50,57,59);1-3H2. The van der Waals surface area contributed by atoms with Gasteiger partial charge >= 0.3 is 0 Å². The monoisotopic (exact) mass is 870 g/mol. The number of piperidine rings is 4. The number of amides is 3. The van der Waals surface area contributed by atoms with Crippen molar-refractivity contribution in [3.63, 3.8) is 0 Å². The first-order valence-electron chi connectivity index (χ1n) is 22.3. The summed E-state index contributed by atoms with van der Waals surface area (Å²) in [4.78, 5) is 49.2. The van der Waals surface area contributed by atoms with Gasteiger partial charge in [-0.2, -0.15) is 0 Å². The number of aromatic nitrogens is 3. The Kier molecular flexibility index (Phi) is 12.0. The number of nitrogens with one attached hydrogen (secondary N) is 2. The zero-order valence-corrected chi connectivity index (χ0v) is 36.2. The Bertz CT molecular complexity index is 2330. The molecule has 7 heterocycles. The van der Waals surface area contributed by atoms with Crippen LogP contribution in [0, 0.1) is 5.41 Å². The van der Waals surface area contributed by atoms with Gasteiger partial charge in [0.1, 0.15) is 5.69 Å². The number of imidazole rings is 1. The van der Waals surface area contributed by atoms with Crippen molar-refractivity contribution in [1.29, 1.82) is 0 Å². The second kappa shape index (κ2) is 17.5. The summed E-state index contributed by atoms with van der Waals surface area (Å²) in [6.07, 6.45) is 11.8. The van der Waals surface area contributed by atoms with Gasteiger partial charge in [-0.25, -0.2) is 18.3 Å². The fraction of sp³-hybridized carbons (Fsp3) is 0.543. The number of imide groups is 1. The molecule has 4 N–H and O–H groups in total. The molecule has 2 aromatic carbocycles. The normalized spacial score (nSPS) is 23.8. The fourth-order valence-electron chi connectivity index (χ4n) is 10.4. The molecule has 0 radical (unpaired) electrons. The van der Waals surface area contributed by atoms with Crippen LogP contribution in [-0.4, -0.2) is 112 Å². The lowest BCUT2D eigenvalue weighted by Crippen LogP contribution is -2.60. The number of primary amides is 1. The Morgan fingerprint density at radius 3 is 2.39 bits per heavy atom. The summed E-state index contributed by atoms with van der Waals surface area (Å²) < 4.78 is 33.7. The number of alkyl halides is 2. The van der Waals surface area contributed by atoms with Crippen molar-refractivity contribution in [2.24, 2.45) is 11.1 Å². The van der Waals surface area contributed by atoms with Crippen LogP contribution in [0.5, 0.6) is 0 Å². The van der Waals surface area contributed by atoms with Crippen LogP contribution in [0.3, 0.4) is 0 Å². The number of rotatable bonds is 9. The van der Waals surface area contributed by atoms with E-state index in [1.54, 1.807) is 7.05 Å². The molecule has 4 saturated heterocycles. The molecular weight excluding hydrogens is 814 g/mol. The summed E-state index contributed by atoms with van der Waals surface area (Å²) in [7, 11) is 1.79. The highest BCUT2D eigenvalue weighted by Gasteiger charge is 2.49. The van der Waals surface area contributed by atoms with Crippen LogP contribution >= 0.6 is 11.6 Å². The number of halogens is 3. The molecule has 2 unspecified atom stereocenters. The number of benzene rings is 2. The highest BCUT2D eigenvalue weighted by molar-refractivity contribution is 6.31. The summed E-state index contributed by atoms with van der Waals surface area (Å²) in [5, 5.41) is 10.9. The number of carbonyl (C=O) groups excluding carboxylic acids is 3. The molecule has 2 aromatic heterocycles. The van der Waals surface area contributed by atoms with Crippen molar-refractivity contribution in [2.75, 3.05) is 63.1 Å². The molecule has 1 saturated carbocycles. The minimum Gasteiger partial charge on any atom is -0.385 e. The molecule has 5 aliphatic heterocycles. The topological polar surface area (TPSA) is 144 Å². The second-order valence-corrected chi connectivity index (χ2v) is 18.6. The summed E-state index contributed by atoms with van der Waals surface area (Å²) >= 11 is 6.52. The molecule has 2 atom stereocenters. The van der Waals surface area contributed by atoms with Crippen LogP contribution in [0.25, 0.3) is 5.65 Å². The zero-order valence-electron chi connectivity index (χ0n) is 35.5. The predicted molar refractivity (Wildman–Crippen MR) is 235 cm³/mol. The molecule has 13 nitrogen and oxygen atoms in total. The molecule has 16 heteroatoms. The first-order chi connectivity index (χ1) is 29.9. The minimum absolute atomic E-state index is 0.182.